The van der Waals surface area contributed by atoms with Gasteiger partial charge in [-0.05, 0) is 48.5 Å². The van der Waals surface area contributed by atoms with Gasteiger partial charge in [0.1, 0.15) is 16.9 Å². The maximum atomic E-state index is 13.1. The second-order valence-corrected chi connectivity index (χ2v) is 9.24. The highest BCUT2D eigenvalue weighted by molar-refractivity contribution is 7.99. The number of carbonyl (C=O) groups is 1. The molecule has 0 bridgehead atoms. The Morgan fingerprint density at radius 3 is 2.45 bits per heavy atom. The van der Waals surface area contributed by atoms with E-state index in [2.05, 4.69) is 21.4 Å². The second-order valence-electron chi connectivity index (χ2n) is 6.86. The number of halogens is 2. The monoisotopic (exact) mass is 494 g/mol. The number of pyridine rings is 1. The summed E-state index contributed by atoms with van der Waals surface area (Å²) in [4.78, 5) is 21.3. The first-order chi connectivity index (χ1) is 16.0. The summed E-state index contributed by atoms with van der Waals surface area (Å²) in [7, 11) is 0. The summed E-state index contributed by atoms with van der Waals surface area (Å²) < 4.78 is 13.1. The Balaban J connectivity index is 1.36. The Bertz CT molecular complexity index is 1320. The minimum absolute atomic E-state index is 0.185. The predicted molar refractivity (Wildman–Crippen MR) is 131 cm³/mol. The van der Waals surface area contributed by atoms with E-state index in [-0.39, 0.29) is 18.1 Å². The van der Waals surface area contributed by atoms with E-state index in [0.29, 0.717) is 32.2 Å². The van der Waals surface area contributed by atoms with Crippen LogP contribution >= 0.6 is 34.7 Å². The van der Waals surface area contributed by atoms with E-state index in [1.807, 2.05) is 17.5 Å². The topological polar surface area (TPSA) is 78.7 Å². The van der Waals surface area contributed by atoms with Crippen molar-refractivity contribution in [1.82, 2.24) is 9.97 Å². The Hall–Kier alpha value is -3.25. The molecular formula is C24H16ClFN4OS2. The first-order valence-electron chi connectivity index (χ1n) is 9.83. The summed E-state index contributed by atoms with van der Waals surface area (Å²) >= 11 is 8.61. The van der Waals surface area contributed by atoms with Crippen LogP contribution in [0.25, 0.3) is 22.5 Å². The minimum Gasteiger partial charge on any atom is -0.302 e. The molecule has 4 rings (SSSR count). The van der Waals surface area contributed by atoms with E-state index in [1.165, 1.54) is 35.2 Å². The van der Waals surface area contributed by atoms with Crippen LogP contribution in [-0.4, -0.2) is 21.6 Å². The summed E-state index contributed by atoms with van der Waals surface area (Å²) in [5, 5.41) is 15.7. The molecule has 0 unspecified atom stereocenters. The fourth-order valence-electron chi connectivity index (χ4n) is 2.92. The number of carbonyl (C=O) groups excluding carboxylic acids is 1. The summed E-state index contributed by atoms with van der Waals surface area (Å²) in [5.74, 6) is -0.0454. The van der Waals surface area contributed by atoms with Crippen LogP contribution in [0.5, 0.6) is 0 Å². The van der Waals surface area contributed by atoms with Crippen LogP contribution in [0.1, 0.15) is 12.0 Å². The Kier molecular flexibility index (Phi) is 7.35. The molecule has 2 heterocycles. The van der Waals surface area contributed by atoms with E-state index >= 15 is 0 Å². The zero-order valence-corrected chi connectivity index (χ0v) is 19.5. The first kappa shape index (κ1) is 22.9. The molecule has 0 atom stereocenters. The SMILES string of the molecule is N#Cc1ccc(-c2ccc(Cl)cc2)nc1SCCC(=O)Nc1nc(-c2ccc(F)cc2)cs1. The van der Waals surface area contributed by atoms with Gasteiger partial charge in [-0.1, -0.05) is 23.7 Å². The molecule has 2 aromatic carbocycles. The van der Waals surface area contributed by atoms with Crippen LogP contribution < -0.4 is 5.32 Å². The van der Waals surface area contributed by atoms with E-state index in [1.54, 1.807) is 36.4 Å². The molecular weight excluding hydrogens is 479 g/mol. The smallest absolute Gasteiger partial charge is 0.226 e. The highest BCUT2D eigenvalue weighted by Crippen LogP contribution is 2.28. The lowest BCUT2D eigenvalue weighted by Crippen LogP contribution is -2.12. The number of anilines is 1. The van der Waals surface area contributed by atoms with Crippen molar-refractivity contribution in [2.24, 2.45) is 0 Å². The molecule has 4 aromatic rings. The third-order valence-corrected chi connectivity index (χ3v) is 6.58. The summed E-state index contributed by atoms with van der Waals surface area (Å²) in [6, 6.07) is 19.0. The van der Waals surface area contributed by atoms with Crippen LogP contribution in [-0.2, 0) is 4.79 Å². The van der Waals surface area contributed by atoms with Gasteiger partial charge in [-0.15, -0.1) is 23.1 Å². The number of nitrogens with zero attached hydrogens (tertiary/aromatic N) is 3. The molecule has 0 fully saturated rings. The summed E-state index contributed by atoms with van der Waals surface area (Å²) in [5.41, 5.74) is 3.53. The van der Waals surface area contributed by atoms with Crippen LogP contribution in [0.4, 0.5) is 9.52 Å². The van der Waals surface area contributed by atoms with E-state index < -0.39 is 0 Å². The number of nitriles is 1. The van der Waals surface area contributed by atoms with Gasteiger partial charge in [0, 0.05) is 33.7 Å². The van der Waals surface area contributed by atoms with Crippen molar-refractivity contribution in [1.29, 1.82) is 5.26 Å². The number of aromatic nitrogens is 2. The predicted octanol–water partition coefficient (Wildman–Crippen LogP) is 6.66. The molecule has 0 aliphatic carbocycles. The Labute approximate surface area is 203 Å². The molecule has 0 saturated heterocycles. The van der Waals surface area contributed by atoms with Gasteiger partial charge in [0.15, 0.2) is 5.13 Å². The zero-order chi connectivity index (χ0) is 23.2. The number of amides is 1. The van der Waals surface area contributed by atoms with Gasteiger partial charge in [0.2, 0.25) is 5.91 Å². The van der Waals surface area contributed by atoms with E-state index in [9.17, 15) is 14.4 Å². The molecule has 33 heavy (non-hydrogen) atoms. The normalized spacial score (nSPS) is 10.6. The average Bonchev–Trinajstić information content (AvgIpc) is 3.28. The molecule has 0 aliphatic rings. The third-order valence-electron chi connectivity index (χ3n) is 4.58. The molecule has 1 N–H and O–H groups in total. The maximum Gasteiger partial charge on any atom is 0.226 e. The van der Waals surface area contributed by atoms with Gasteiger partial charge in [0.05, 0.1) is 17.0 Å². The second kappa shape index (κ2) is 10.6. The highest BCUT2D eigenvalue weighted by Gasteiger charge is 2.11. The highest BCUT2D eigenvalue weighted by atomic mass is 35.5. The Morgan fingerprint density at radius 1 is 1.03 bits per heavy atom. The Morgan fingerprint density at radius 2 is 1.73 bits per heavy atom. The number of benzene rings is 2. The van der Waals surface area contributed by atoms with Crippen molar-refractivity contribution in [3.05, 3.63) is 82.4 Å². The number of thiazole rings is 1. The van der Waals surface area contributed by atoms with E-state index in [0.717, 1.165) is 16.8 Å². The molecule has 164 valence electrons. The lowest BCUT2D eigenvalue weighted by Gasteiger charge is -2.07. The molecule has 0 saturated carbocycles. The molecule has 5 nitrogen and oxygen atoms in total. The number of nitrogens with one attached hydrogen (secondary N) is 1. The standard InChI is InChI=1S/C24H16ClFN4OS2/c25-18-6-1-15(2-7-18)20-10-5-17(13-27)23(28-20)32-12-11-22(31)30-24-29-21(14-33-24)16-3-8-19(26)9-4-16/h1-10,14H,11-12H2,(H,29,30,31). The lowest BCUT2D eigenvalue weighted by molar-refractivity contribution is -0.115. The number of rotatable bonds is 7. The molecule has 1 amide bonds. The van der Waals surface area contributed by atoms with Crippen LogP contribution in [0.2, 0.25) is 5.02 Å². The van der Waals surface area contributed by atoms with Gasteiger partial charge in [0.25, 0.3) is 0 Å². The van der Waals surface area contributed by atoms with Gasteiger partial charge >= 0.3 is 0 Å². The first-order valence-corrected chi connectivity index (χ1v) is 12.1. The summed E-state index contributed by atoms with van der Waals surface area (Å²) in [6.45, 7) is 0. The van der Waals surface area contributed by atoms with Crippen molar-refractivity contribution >= 4 is 45.7 Å². The van der Waals surface area contributed by atoms with Crippen molar-refractivity contribution in [2.45, 2.75) is 11.4 Å². The van der Waals surface area contributed by atoms with Gasteiger partial charge in [-0.2, -0.15) is 5.26 Å². The van der Waals surface area contributed by atoms with Crippen molar-refractivity contribution in [2.75, 3.05) is 11.1 Å². The zero-order valence-electron chi connectivity index (χ0n) is 17.1. The average molecular weight is 495 g/mol. The van der Waals surface area contributed by atoms with Gasteiger partial charge < -0.3 is 5.32 Å². The number of thioether (sulfide) groups is 1. The fourth-order valence-corrected chi connectivity index (χ4v) is 4.70. The molecule has 9 heteroatoms. The van der Waals surface area contributed by atoms with E-state index in [4.69, 9.17) is 11.6 Å². The maximum absolute atomic E-state index is 13.1. The van der Waals surface area contributed by atoms with Crippen molar-refractivity contribution in [3.8, 4) is 28.6 Å². The lowest BCUT2D eigenvalue weighted by atomic mass is 10.1. The quantitative estimate of drug-likeness (QED) is 0.291. The largest absolute Gasteiger partial charge is 0.302 e. The molecule has 0 radical (unpaired) electrons. The molecule has 2 aromatic heterocycles. The van der Waals surface area contributed by atoms with Gasteiger partial charge in [-0.3, -0.25) is 4.79 Å². The molecule has 0 aliphatic heterocycles. The third kappa shape index (κ3) is 5.96. The fraction of sp³-hybridized carbons (Fsp3) is 0.0833. The van der Waals surface area contributed by atoms with Crippen molar-refractivity contribution < 1.29 is 9.18 Å². The van der Waals surface area contributed by atoms with Crippen LogP contribution in [0.15, 0.2) is 71.1 Å². The number of hydrogen-bond donors (Lipinski definition) is 1. The molecule has 0 spiro atoms. The van der Waals surface area contributed by atoms with Crippen molar-refractivity contribution in [3.63, 3.8) is 0 Å². The van der Waals surface area contributed by atoms with Gasteiger partial charge in [-0.25, -0.2) is 14.4 Å². The van der Waals surface area contributed by atoms with Crippen LogP contribution in [0.3, 0.4) is 0 Å². The minimum atomic E-state index is -0.312. The summed E-state index contributed by atoms with van der Waals surface area (Å²) in [6.07, 6.45) is 0.230. The number of hydrogen-bond acceptors (Lipinski definition) is 6. The van der Waals surface area contributed by atoms with Crippen LogP contribution in [0, 0.1) is 17.1 Å².